The van der Waals surface area contributed by atoms with E-state index < -0.39 is 29.5 Å². The standard InChI is InChI=1S/C16H11F3NO3.Fm/c17-12-6-11(7-13(18)15(12)19)10-3-1-9(2-4-10)5-14(16(22)23)20-8-21;/h1-4,6-7,14H,5H2,(H,20,21)(H,22,23);/q-1;. The molecule has 1 amide bonds. The van der Waals surface area contributed by atoms with Crippen LogP contribution in [0.25, 0.3) is 11.1 Å². The molecule has 4 nitrogen and oxygen atoms in total. The third-order valence-corrected chi connectivity index (χ3v) is 3.24. The van der Waals surface area contributed by atoms with Crippen LogP contribution >= 0.6 is 0 Å². The zero-order valence-corrected chi connectivity index (χ0v) is 14.3. The third-order valence-electron chi connectivity index (χ3n) is 3.24. The van der Waals surface area contributed by atoms with Gasteiger partial charge in [0, 0.05) is 6.42 Å². The van der Waals surface area contributed by atoms with Crippen LogP contribution in [0, 0.1) is 17.5 Å². The number of carboxylic acid groups (broad SMARTS) is 1. The first-order valence-corrected chi connectivity index (χ1v) is 6.51. The maximum absolute atomic E-state index is 13.2. The van der Waals surface area contributed by atoms with Gasteiger partial charge in [-0.25, -0.2) is 13.2 Å². The number of carboxylic acids is 1. The number of rotatable bonds is 6. The van der Waals surface area contributed by atoms with E-state index in [4.69, 9.17) is 5.11 Å². The summed E-state index contributed by atoms with van der Waals surface area (Å²) in [5, 5.41) is 11.0. The summed E-state index contributed by atoms with van der Waals surface area (Å²) in [4.78, 5) is 21.2. The first-order chi connectivity index (χ1) is 10.9. The number of benzene rings is 2. The van der Waals surface area contributed by atoms with Gasteiger partial charge in [-0.2, -0.15) is 6.41 Å². The fourth-order valence-electron chi connectivity index (χ4n) is 2.06. The number of hydrogen-bond acceptors (Lipinski definition) is 2. The Balaban J connectivity index is 0.00000288. The second kappa shape index (κ2) is 7.44. The van der Waals surface area contributed by atoms with Gasteiger partial charge in [0.15, 0.2) is 17.5 Å². The molecule has 132 valence electrons. The first kappa shape index (κ1) is 18.2. The van der Waals surface area contributed by atoms with Crippen molar-refractivity contribution in [3.8, 4) is 11.1 Å². The van der Waals surface area contributed by atoms with E-state index in [0.29, 0.717) is 11.1 Å². The molecule has 0 aliphatic heterocycles. The Hall–Kier alpha value is -3.83. The topological polar surface area (TPSA) is 66.4 Å². The predicted molar refractivity (Wildman–Crippen MR) is 75.7 cm³/mol. The third kappa shape index (κ3) is 3.88. The minimum absolute atomic E-state index is 0. The van der Waals surface area contributed by atoms with Crippen molar-refractivity contribution >= 4 is 12.4 Å². The molecule has 0 saturated carbocycles. The van der Waals surface area contributed by atoms with Gasteiger partial charge in [0.25, 0.3) is 0 Å². The van der Waals surface area contributed by atoms with Crippen molar-refractivity contribution in [2.75, 3.05) is 0 Å². The zero-order chi connectivity index (χ0) is 17.0. The van der Waals surface area contributed by atoms with Gasteiger partial charge in [-0.05, 0) is 28.8 Å². The van der Waals surface area contributed by atoms with Crippen molar-refractivity contribution in [3.63, 3.8) is 0 Å². The molecule has 2 aromatic carbocycles. The van der Waals surface area contributed by atoms with Gasteiger partial charge in [0.2, 0.25) is 0 Å². The summed E-state index contributed by atoms with van der Waals surface area (Å²) in [5.41, 5.74) is 1.18. The summed E-state index contributed by atoms with van der Waals surface area (Å²) < 4.78 is 39.4. The van der Waals surface area contributed by atoms with Crippen LogP contribution in [0.4, 0.5) is 13.2 Å². The molecule has 1 unspecified atom stereocenters. The molecule has 8 heteroatoms. The van der Waals surface area contributed by atoms with Crippen LogP contribution in [0.1, 0.15) is 5.56 Å². The monoisotopic (exact) mass is 579 g/mol. The van der Waals surface area contributed by atoms with Gasteiger partial charge in [0.05, 0.1) is 0 Å². The van der Waals surface area contributed by atoms with Gasteiger partial charge in [-0.3, -0.25) is 4.79 Å². The van der Waals surface area contributed by atoms with Crippen LogP contribution < -0.4 is 5.32 Å². The zero-order valence-electron chi connectivity index (χ0n) is 11.9. The minimum atomic E-state index is -1.54. The Morgan fingerprint density at radius 1 is 1.08 bits per heavy atom. The van der Waals surface area contributed by atoms with E-state index >= 15 is 0 Å². The Morgan fingerprint density at radius 2 is 1.62 bits per heavy atom. The SMILES string of the molecule is O=[C-]NC(Cc1ccc(-c2cc(F)c(F)c(F)c2)cc1)C(=O)O.[Fm]. The largest absolute Gasteiger partial charge is 0.520 e. The molecular formula is C16H11F3FmNO3-. The van der Waals surface area contributed by atoms with E-state index in [-0.39, 0.29) is 12.0 Å². The number of carbonyl (C=O) groups excluding carboxylic acids is 1. The maximum atomic E-state index is 13.2. The Kier molecular flexibility index (Phi) is 5.65. The van der Waals surface area contributed by atoms with E-state index in [1.807, 2.05) is 0 Å². The molecule has 0 radical (unpaired) electrons. The van der Waals surface area contributed by atoms with Crippen molar-refractivity contribution in [1.29, 1.82) is 0 Å². The van der Waals surface area contributed by atoms with Crippen LogP contribution in [-0.2, 0) is 16.0 Å². The fraction of sp³-hybridized carbons (Fsp3) is 0.125. The van der Waals surface area contributed by atoms with Crippen molar-refractivity contribution in [2.45, 2.75) is 12.5 Å². The second-order valence-corrected chi connectivity index (χ2v) is 4.79. The van der Waals surface area contributed by atoms with E-state index in [0.717, 1.165) is 12.1 Å². The first-order valence-electron chi connectivity index (χ1n) is 6.51. The molecule has 0 fully saturated rings. The van der Waals surface area contributed by atoms with Crippen molar-refractivity contribution in [3.05, 3.63) is 59.4 Å². The molecule has 0 spiro atoms. The van der Waals surface area contributed by atoms with Crippen LogP contribution in [-0.4, -0.2) is 23.5 Å². The number of halogens is 3. The molecule has 2 aromatic rings. The minimum Gasteiger partial charge on any atom is -0.520 e. The molecule has 0 bridgehead atoms. The Labute approximate surface area is 129 Å². The Morgan fingerprint density at radius 3 is 2.08 bits per heavy atom. The van der Waals surface area contributed by atoms with Crippen LogP contribution in [0.15, 0.2) is 36.4 Å². The summed E-state index contributed by atoms with van der Waals surface area (Å²) in [5.74, 6) is -5.33. The van der Waals surface area contributed by atoms with Gasteiger partial charge in [-0.1, -0.05) is 24.3 Å². The summed E-state index contributed by atoms with van der Waals surface area (Å²) in [6.45, 7) is 0. The van der Waals surface area contributed by atoms with Crippen molar-refractivity contribution in [2.24, 2.45) is 0 Å². The molecule has 0 aromatic heterocycles. The van der Waals surface area contributed by atoms with Gasteiger partial charge >= 0.3 is 5.97 Å². The summed E-state index contributed by atoms with van der Waals surface area (Å²) in [6.07, 6.45) is 1.35. The van der Waals surface area contributed by atoms with Crippen LogP contribution in [0.2, 0.25) is 0 Å². The van der Waals surface area contributed by atoms with Gasteiger partial charge in [0.1, 0.15) is 6.04 Å². The summed E-state index contributed by atoms with van der Waals surface area (Å²) in [7, 11) is 0. The molecule has 0 saturated heterocycles. The second-order valence-electron chi connectivity index (χ2n) is 4.79. The number of aliphatic carboxylic acids is 1. The van der Waals surface area contributed by atoms with Crippen molar-refractivity contribution in [1.82, 2.24) is 5.32 Å². The molecular weight excluding hydrogens is 568 g/mol. The molecule has 0 heterocycles. The molecule has 2 rings (SSSR count). The van der Waals surface area contributed by atoms with Gasteiger partial charge in [-0.15, -0.1) is 0 Å². The number of amides is 1. The number of hydrogen-bond donors (Lipinski definition) is 2. The van der Waals surface area contributed by atoms with E-state index in [1.54, 1.807) is 12.1 Å². The number of carbonyl (C=O) groups is 1. The van der Waals surface area contributed by atoms with Crippen LogP contribution in [0.5, 0.6) is 0 Å². The molecule has 0 aliphatic carbocycles. The van der Waals surface area contributed by atoms with E-state index in [9.17, 15) is 22.8 Å². The van der Waals surface area contributed by atoms with Crippen LogP contribution in [0.3, 0.4) is 0 Å². The predicted octanol–water partition coefficient (Wildman–Crippen LogP) is 2.42. The maximum Gasteiger partial charge on any atom is 0.323 e. The Bertz CT molecular complexity index is 715. The average Bonchev–Trinajstić information content (AvgIpc) is 2.52. The molecule has 1 atom stereocenters. The molecule has 0 aliphatic rings. The summed E-state index contributed by atoms with van der Waals surface area (Å²) in [6, 6.07) is 6.76. The molecule has 24 heavy (non-hydrogen) atoms. The normalized spacial score (nSPS) is 11.3. The summed E-state index contributed by atoms with van der Waals surface area (Å²) >= 11 is 0. The van der Waals surface area contributed by atoms with E-state index in [1.165, 1.54) is 18.5 Å². The van der Waals surface area contributed by atoms with E-state index in [2.05, 4.69) is 5.32 Å². The molecule has 2 N–H and O–H groups in total. The van der Waals surface area contributed by atoms with Gasteiger partial charge < -0.3 is 15.2 Å². The smallest absolute Gasteiger partial charge is 0.323 e. The average molecular weight is 579 g/mol. The number of nitrogens with one attached hydrogen (secondary N) is 1. The van der Waals surface area contributed by atoms with Crippen molar-refractivity contribution < 1.29 is 27.9 Å². The fourth-order valence-corrected chi connectivity index (χ4v) is 2.06. The quantitative estimate of drug-likeness (QED) is 0.314.